The van der Waals surface area contributed by atoms with Crippen LogP contribution in [0.1, 0.15) is 24.3 Å². The van der Waals surface area contributed by atoms with Crippen LogP contribution in [0.25, 0.3) is 0 Å². The largest absolute Gasteiger partial charge is 0.467 e. The van der Waals surface area contributed by atoms with E-state index in [4.69, 9.17) is 10.2 Å². The fourth-order valence-electron chi connectivity index (χ4n) is 1.70. The molecule has 2 aromatic rings. The van der Waals surface area contributed by atoms with Gasteiger partial charge in [0.05, 0.1) is 12.3 Å². The summed E-state index contributed by atoms with van der Waals surface area (Å²) in [6, 6.07) is 7.59. The predicted molar refractivity (Wildman–Crippen MR) is 62.9 cm³/mol. The molecule has 0 bridgehead atoms. The Morgan fingerprint density at radius 2 is 2.31 bits per heavy atom. The number of furan rings is 1. The van der Waals surface area contributed by atoms with Crippen LogP contribution in [0.4, 0.5) is 5.82 Å². The molecule has 16 heavy (non-hydrogen) atoms. The molecule has 1 unspecified atom stereocenters. The summed E-state index contributed by atoms with van der Waals surface area (Å²) >= 11 is 0. The summed E-state index contributed by atoms with van der Waals surface area (Å²) in [7, 11) is 0. The van der Waals surface area contributed by atoms with E-state index in [-0.39, 0.29) is 6.04 Å². The van der Waals surface area contributed by atoms with E-state index in [0.29, 0.717) is 5.82 Å². The van der Waals surface area contributed by atoms with Gasteiger partial charge in [-0.1, -0.05) is 13.0 Å². The zero-order valence-electron chi connectivity index (χ0n) is 9.18. The van der Waals surface area contributed by atoms with Gasteiger partial charge in [-0.15, -0.1) is 0 Å². The molecule has 2 aromatic heterocycles. The summed E-state index contributed by atoms with van der Waals surface area (Å²) in [5.41, 5.74) is 6.81. The Hall–Kier alpha value is -1.81. The molecule has 3 N–H and O–H groups in total. The lowest BCUT2D eigenvalue weighted by atomic mass is 10.1. The summed E-state index contributed by atoms with van der Waals surface area (Å²) < 4.78 is 5.41. The van der Waals surface area contributed by atoms with Crippen molar-refractivity contribution >= 4 is 5.82 Å². The Balaban J connectivity index is 2.37. The molecule has 0 aliphatic rings. The number of nitrogen functional groups attached to an aromatic ring is 1. The highest BCUT2D eigenvalue weighted by atomic mass is 16.3. The van der Waals surface area contributed by atoms with Gasteiger partial charge in [0.25, 0.3) is 0 Å². The summed E-state index contributed by atoms with van der Waals surface area (Å²) in [5, 5.41) is 3.33. The number of aromatic nitrogens is 1. The molecule has 2 heterocycles. The predicted octanol–water partition coefficient (Wildman–Crippen LogP) is 1.96. The van der Waals surface area contributed by atoms with Crippen molar-refractivity contribution < 1.29 is 4.42 Å². The van der Waals surface area contributed by atoms with Crippen LogP contribution in [0.3, 0.4) is 0 Å². The zero-order chi connectivity index (χ0) is 11.4. The summed E-state index contributed by atoms with van der Waals surface area (Å²) in [5.74, 6) is 1.38. The van der Waals surface area contributed by atoms with Crippen LogP contribution in [0.5, 0.6) is 0 Å². The fourth-order valence-corrected chi connectivity index (χ4v) is 1.70. The third-order valence-corrected chi connectivity index (χ3v) is 2.42. The summed E-state index contributed by atoms with van der Waals surface area (Å²) in [6.45, 7) is 2.88. The average Bonchev–Trinajstić information content (AvgIpc) is 2.80. The Labute approximate surface area is 94.5 Å². The van der Waals surface area contributed by atoms with Crippen molar-refractivity contribution in [2.45, 2.75) is 13.0 Å². The fraction of sp³-hybridized carbons (Fsp3) is 0.250. The minimum atomic E-state index is -0.0336. The molecule has 0 fully saturated rings. The molecule has 0 radical (unpaired) electrons. The molecule has 0 aliphatic heterocycles. The van der Waals surface area contributed by atoms with Crippen LogP contribution in [-0.2, 0) is 0 Å². The standard InChI is InChI=1S/C12H15N3O/c1-2-14-11(10-6-4-8-16-10)9-5-3-7-15-12(9)13/h3-8,11,14H,2H2,1H3,(H2,13,15). The summed E-state index contributed by atoms with van der Waals surface area (Å²) in [6.07, 6.45) is 3.34. The van der Waals surface area contributed by atoms with Gasteiger partial charge in [0.2, 0.25) is 0 Å². The maximum absolute atomic E-state index is 5.87. The second-order valence-corrected chi connectivity index (χ2v) is 3.48. The lowest BCUT2D eigenvalue weighted by Crippen LogP contribution is -2.22. The van der Waals surface area contributed by atoms with E-state index in [1.807, 2.05) is 31.2 Å². The monoisotopic (exact) mass is 217 g/mol. The Bertz CT molecular complexity index is 439. The van der Waals surface area contributed by atoms with E-state index in [1.54, 1.807) is 12.5 Å². The average molecular weight is 217 g/mol. The highest BCUT2D eigenvalue weighted by molar-refractivity contribution is 5.43. The van der Waals surface area contributed by atoms with Gasteiger partial charge in [-0.05, 0) is 24.7 Å². The van der Waals surface area contributed by atoms with Crippen LogP contribution < -0.4 is 11.1 Å². The first kappa shape index (κ1) is 10.7. The molecule has 1 atom stereocenters. The molecule has 0 aliphatic carbocycles. The molecule has 0 saturated heterocycles. The number of pyridine rings is 1. The van der Waals surface area contributed by atoms with E-state index in [2.05, 4.69) is 10.3 Å². The number of nitrogens with one attached hydrogen (secondary N) is 1. The van der Waals surface area contributed by atoms with Crippen molar-refractivity contribution in [2.75, 3.05) is 12.3 Å². The van der Waals surface area contributed by atoms with Gasteiger partial charge in [-0.3, -0.25) is 0 Å². The Kier molecular flexibility index (Phi) is 3.22. The maximum Gasteiger partial charge on any atom is 0.128 e. The molecular weight excluding hydrogens is 202 g/mol. The number of anilines is 1. The maximum atomic E-state index is 5.87. The minimum Gasteiger partial charge on any atom is -0.467 e. The first-order valence-electron chi connectivity index (χ1n) is 5.30. The van der Waals surface area contributed by atoms with Crippen LogP contribution in [0.15, 0.2) is 41.1 Å². The van der Waals surface area contributed by atoms with Crippen molar-refractivity contribution in [3.8, 4) is 0 Å². The summed E-state index contributed by atoms with van der Waals surface area (Å²) in [4.78, 5) is 4.09. The second kappa shape index (κ2) is 4.81. The minimum absolute atomic E-state index is 0.0336. The topological polar surface area (TPSA) is 64.1 Å². The lowest BCUT2D eigenvalue weighted by molar-refractivity contribution is 0.452. The molecular formula is C12H15N3O. The van der Waals surface area contributed by atoms with Gasteiger partial charge in [-0.2, -0.15) is 0 Å². The highest BCUT2D eigenvalue weighted by Crippen LogP contribution is 2.25. The van der Waals surface area contributed by atoms with Gasteiger partial charge in [0.1, 0.15) is 11.6 Å². The van der Waals surface area contributed by atoms with Gasteiger partial charge in [0.15, 0.2) is 0 Å². The smallest absolute Gasteiger partial charge is 0.128 e. The van der Waals surface area contributed by atoms with Crippen LogP contribution in [0.2, 0.25) is 0 Å². The third kappa shape index (κ3) is 2.06. The molecule has 0 aromatic carbocycles. The first-order chi connectivity index (χ1) is 7.83. The number of nitrogens with zero attached hydrogens (tertiary/aromatic N) is 1. The van der Waals surface area contributed by atoms with Gasteiger partial charge in [0, 0.05) is 11.8 Å². The van der Waals surface area contributed by atoms with E-state index in [9.17, 15) is 0 Å². The quantitative estimate of drug-likeness (QED) is 0.821. The zero-order valence-corrected chi connectivity index (χ0v) is 9.18. The second-order valence-electron chi connectivity index (χ2n) is 3.48. The third-order valence-electron chi connectivity index (χ3n) is 2.42. The van der Waals surface area contributed by atoms with Crippen LogP contribution in [-0.4, -0.2) is 11.5 Å². The van der Waals surface area contributed by atoms with Crippen molar-refractivity contribution in [3.63, 3.8) is 0 Å². The SMILES string of the molecule is CCNC(c1ccco1)c1cccnc1N. The number of hydrogen-bond acceptors (Lipinski definition) is 4. The molecule has 0 saturated carbocycles. The van der Waals surface area contributed by atoms with Crippen LogP contribution >= 0.6 is 0 Å². The van der Waals surface area contributed by atoms with Crippen molar-refractivity contribution in [3.05, 3.63) is 48.0 Å². The number of rotatable bonds is 4. The van der Waals surface area contributed by atoms with Crippen molar-refractivity contribution in [1.82, 2.24) is 10.3 Å². The first-order valence-corrected chi connectivity index (χ1v) is 5.30. The Morgan fingerprint density at radius 1 is 1.44 bits per heavy atom. The van der Waals surface area contributed by atoms with Gasteiger partial charge < -0.3 is 15.5 Å². The van der Waals surface area contributed by atoms with Crippen LogP contribution in [0, 0.1) is 0 Å². The Morgan fingerprint density at radius 3 is 2.94 bits per heavy atom. The van der Waals surface area contributed by atoms with E-state index >= 15 is 0 Å². The molecule has 0 spiro atoms. The van der Waals surface area contributed by atoms with Crippen molar-refractivity contribution in [2.24, 2.45) is 0 Å². The normalized spacial score (nSPS) is 12.6. The molecule has 84 valence electrons. The van der Waals surface area contributed by atoms with Crippen molar-refractivity contribution in [1.29, 1.82) is 0 Å². The molecule has 4 nitrogen and oxygen atoms in total. The van der Waals surface area contributed by atoms with Gasteiger partial charge >= 0.3 is 0 Å². The lowest BCUT2D eigenvalue weighted by Gasteiger charge is -2.16. The van der Waals surface area contributed by atoms with Gasteiger partial charge in [-0.25, -0.2) is 4.98 Å². The molecule has 0 amide bonds. The number of hydrogen-bond donors (Lipinski definition) is 2. The molecule has 4 heteroatoms. The van der Waals surface area contributed by atoms with E-state index < -0.39 is 0 Å². The van der Waals surface area contributed by atoms with E-state index in [1.165, 1.54) is 0 Å². The van der Waals surface area contributed by atoms with E-state index in [0.717, 1.165) is 17.9 Å². The number of nitrogens with two attached hydrogens (primary N) is 1. The molecule has 2 rings (SSSR count). The highest BCUT2D eigenvalue weighted by Gasteiger charge is 2.18.